The molecule has 0 saturated heterocycles. The molecule has 0 unspecified atom stereocenters. The van der Waals surface area contributed by atoms with Crippen molar-refractivity contribution in [2.45, 2.75) is 13.5 Å². The van der Waals surface area contributed by atoms with Gasteiger partial charge in [0.2, 0.25) is 0 Å². The summed E-state index contributed by atoms with van der Waals surface area (Å²) >= 11 is 0. The Balaban J connectivity index is 1.94. The molecule has 0 radical (unpaired) electrons. The van der Waals surface area contributed by atoms with Gasteiger partial charge < -0.3 is 18.8 Å². The summed E-state index contributed by atoms with van der Waals surface area (Å²) in [6, 6.07) is 15.4. The van der Waals surface area contributed by atoms with Gasteiger partial charge in [-0.25, -0.2) is 4.79 Å². The van der Waals surface area contributed by atoms with Crippen molar-refractivity contribution in [3.63, 3.8) is 0 Å². The van der Waals surface area contributed by atoms with E-state index < -0.39 is 6.09 Å². The molecule has 0 aliphatic rings. The van der Waals surface area contributed by atoms with Crippen molar-refractivity contribution in [2.75, 3.05) is 32.8 Å². The summed E-state index contributed by atoms with van der Waals surface area (Å²) in [6.45, 7) is 3.27. The lowest BCUT2D eigenvalue weighted by molar-refractivity contribution is 0.107. The quantitative estimate of drug-likeness (QED) is 0.601. The maximum atomic E-state index is 11.8. The number of nitrogens with one attached hydrogen (secondary N) is 1. The number of nitriles is 1. The number of carbonyl (C=O) groups is 1. The van der Waals surface area contributed by atoms with Crippen molar-refractivity contribution in [3.8, 4) is 23.1 Å². The van der Waals surface area contributed by atoms with Gasteiger partial charge in [-0.1, -0.05) is 12.1 Å². The van der Waals surface area contributed by atoms with Gasteiger partial charge in [0.25, 0.3) is 0 Å². The fourth-order valence-electron chi connectivity index (χ4n) is 3.28. The Morgan fingerprint density at radius 1 is 1.14 bits per heavy atom. The van der Waals surface area contributed by atoms with Crippen LogP contribution in [-0.4, -0.2) is 38.1 Å². The Labute approximate surface area is 169 Å². The molecule has 2 aromatic carbocycles. The molecule has 3 aromatic rings. The normalized spacial score (nSPS) is 10.6. The molecule has 0 fully saturated rings. The Hall–Kier alpha value is -3.50. The zero-order valence-electron chi connectivity index (χ0n) is 16.7. The molecule has 0 aliphatic carbocycles. The Bertz CT molecular complexity index is 1050. The van der Waals surface area contributed by atoms with E-state index in [2.05, 4.69) is 16.0 Å². The molecular weight excluding hydrogens is 370 g/mol. The van der Waals surface area contributed by atoms with E-state index >= 15 is 0 Å². The highest BCUT2D eigenvalue weighted by atomic mass is 16.6. The van der Waals surface area contributed by atoms with Gasteiger partial charge in [0.1, 0.15) is 18.4 Å². The van der Waals surface area contributed by atoms with E-state index in [0.717, 1.165) is 27.9 Å². The van der Waals surface area contributed by atoms with Crippen LogP contribution in [0, 0.1) is 11.3 Å². The standard InChI is InChI=1S/C22H23N3O4/c1-4-25-20-13-17(28-3)9-10-18(20)19(14-23)21(25)15-5-7-16(8-6-15)24-22(26)29-12-11-27-2/h5-10,13H,4,11-12H2,1-3H3,(H,24,26). The third-order valence-electron chi connectivity index (χ3n) is 4.63. The molecule has 1 N–H and O–H groups in total. The molecule has 7 nitrogen and oxygen atoms in total. The lowest BCUT2D eigenvalue weighted by atomic mass is 10.1. The molecule has 1 amide bonds. The van der Waals surface area contributed by atoms with E-state index in [1.54, 1.807) is 26.4 Å². The van der Waals surface area contributed by atoms with E-state index in [1.807, 2.05) is 37.3 Å². The number of anilines is 1. The number of hydrogen-bond donors (Lipinski definition) is 1. The zero-order chi connectivity index (χ0) is 20.8. The molecule has 7 heteroatoms. The third-order valence-corrected chi connectivity index (χ3v) is 4.63. The molecule has 3 rings (SSSR count). The van der Waals surface area contributed by atoms with Gasteiger partial charge >= 0.3 is 6.09 Å². The van der Waals surface area contributed by atoms with Crippen LogP contribution in [0.1, 0.15) is 12.5 Å². The first-order valence-electron chi connectivity index (χ1n) is 9.26. The fraction of sp³-hybridized carbons (Fsp3) is 0.273. The van der Waals surface area contributed by atoms with Crippen LogP contribution in [0.3, 0.4) is 0 Å². The molecule has 29 heavy (non-hydrogen) atoms. The summed E-state index contributed by atoms with van der Waals surface area (Å²) in [4.78, 5) is 11.8. The number of methoxy groups -OCH3 is 2. The smallest absolute Gasteiger partial charge is 0.411 e. The summed E-state index contributed by atoms with van der Waals surface area (Å²) in [5, 5.41) is 13.4. The highest BCUT2D eigenvalue weighted by Gasteiger charge is 2.18. The second-order valence-electron chi connectivity index (χ2n) is 6.29. The maximum Gasteiger partial charge on any atom is 0.411 e. The molecular formula is C22H23N3O4. The average molecular weight is 393 g/mol. The Morgan fingerprint density at radius 3 is 2.52 bits per heavy atom. The molecule has 0 bridgehead atoms. The minimum atomic E-state index is -0.540. The SMILES string of the molecule is CCn1c(-c2ccc(NC(=O)OCCOC)cc2)c(C#N)c2ccc(OC)cc21. The minimum absolute atomic E-state index is 0.187. The number of fused-ring (bicyclic) bond motifs is 1. The second kappa shape index (κ2) is 9.13. The second-order valence-corrected chi connectivity index (χ2v) is 6.29. The van der Waals surface area contributed by atoms with Crippen LogP contribution < -0.4 is 10.1 Å². The van der Waals surface area contributed by atoms with Crippen LogP contribution in [0.4, 0.5) is 10.5 Å². The number of carbonyl (C=O) groups excluding carboxylic acids is 1. The van der Waals surface area contributed by atoms with Gasteiger partial charge in [0.05, 0.1) is 30.5 Å². The fourth-order valence-corrected chi connectivity index (χ4v) is 3.28. The molecule has 150 valence electrons. The van der Waals surface area contributed by atoms with Crippen LogP contribution in [-0.2, 0) is 16.0 Å². The van der Waals surface area contributed by atoms with Gasteiger partial charge in [-0.3, -0.25) is 5.32 Å². The Kier molecular flexibility index (Phi) is 6.37. The lowest BCUT2D eigenvalue weighted by Crippen LogP contribution is -2.16. The topological polar surface area (TPSA) is 85.5 Å². The number of amides is 1. The van der Waals surface area contributed by atoms with Crippen molar-refractivity contribution in [1.29, 1.82) is 5.26 Å². The number of aromatic nitrogens is 1. The summed E-state index contributed by atoms with van der Waals surface area (Å²) in [5.74, 6) is 0.743. The lowest BCUT2D eigenvalue weighted by Gasteiger charge is -2.11. The van der Waals surface area contributed by atoms with Crippen LogP contribution >= 0.6 is 0 Å². The average Bonchev–Trinajstić information content (AvgIpc) is 3.07. The first-order chi connectivity index (χ1) is 14.1. The van der Waals surface area contributed by atoms with E-state index in [1.165, 1.54) is 0 Å². The molecule has 0 spiro atoms. The van der Waals surface area contributed by atoms with Crippen LogP contribution in [0.5, 0.6) is 5.75 Å². The molecule has 1 aromatic heterocycles. The van der Waals surface area contributed by atoms with Crippen molar-refractivity contribution < 1.29 is 19.0 Å². The first kappa shape index (κ1) is 20.2. The number of benzene rings is 2. The summed E-state index contributed by atoms with van der Waals surface area (Å²) in [6.07, 6.45) is -0.540. The van der Waals surface area contributed by atoms with Crippen LogP contribution in [0.2, 0.25) is 0 Å². The molecule has 0 atom stereocenters. The van der Waals surface area contributed by atoms with Crippen molar-refractivity contribution in [2.24, 2.45) is 0 Å². The summed E-state index contributed by atoms with van der Waals surface area (Å²) < 4.78 is 17.3. The molecule has 0 saturated carbocycles. The predicted molar refractivity (Wildman–Crippen MR) is 111 cm³/mol. The van der Waals surface area contributed by atoms with E-state index in [9.17, 15) is 10.1 Å². The van der Waals surface area contributed by atoms with E-state index in [4.69, 9.17) is 14.2 Å². The van der Waals surface area contributed by atoms with Crippen molar-refractivity contribution in [1.82, 2.24) is 4.57 Å². The minimum Gasteiger partial charge on any atom is -0.497 e. The first-order valence-corrected chi connectivity index (χ1v) is 9.26. The molecule has 0 aliphatic heterocycles. The largest absolute Gasteiger partial charge is 0.497 e. The highest BCUT2D eigenvalue weighted by molar-refractivity contribution is 5.95. The van der Waals surface area contributed by atoms with Crippen molar-refractivity contribution >= 4 is 22.7 Å². The van der Waals surface area contributed by atoms with Crippen molar-refractivity contribution in [3.05, 3.63) is 48.0 Å². The maximum absolute atomic E-state index is 11.8. The van der Waals surface area contributed by atoms with Gasteiger partial charge in [-0.05, 0) is 36.8 Å². The monoisotopic (exact) mass is 393 g/mol. The van der Waals surface area contributed by atoms with Crippen LogP contribution in [0.25, 0.3) is 22.2 Å². The van der Waals surface area contributed by atoms with Gasteiger partial charge in [-0.2, -0.15) is 5.26 Å². The summed E-state index contributed by atoms with van der Waals surface area (Å²) in [5.41, 5.74) is 3.89. The predicted octanol–water partition coefficient (Wildman–Crippen LogP) is 4.40. The number of rotatable bonds is 7. The number of hydrogen-bond acceptors (Lipinski definition) is 5. The number of aryl methyl sites for hydroxylation is 1. The molecule has 1 heterocycles. The van der Waals surface area contributed by atoms with Crippen LogP contribution in [0.15, 0.2) is 42.5 Å². The van der Waals surface area contributed by atoms with Gasteiger partial charge in [-0.15, -0.1) is 0 Å². The zero-order valence-corrected chi connectivity index (χ0v) is 16.7. The van der Waals surface area contributed by atoms with E-state index in [-0.39, 0.29) is 6.61 Å². The number of nitrogens with zero attached hydrogens (tertiary/aromatic N) is 2. The Morgan fingerprint density at radius 2 is 1.90 bits per heavy atom. The summed E-state index contributed by atoms with van der Waals surface area (Å²) in [7, 11) is 3.17. The van der Waals surface area contributed by atoms with E-state index in [0.29, 0.717) is 24.4 Å². The van der Waals surface area contributed by atoms with Gasteiger partial charge in [0, 0.05) is 30.8 Å². The number of ether oxygens (including phenoxy) is 3. The highest BCUT2D eigenvalue weighted by Crippen LogP contribution is 2.35. The third kappa shape index (κ3) is 4.18. The van der Waals surface area contributed by atoms with Gasteiger partial charge in [0.15, 0.2) is 0 Å².